The Morgan fingerprint density at radius 2 is 2.13 bits per heavy atom. The second-order valence-corrected chi connectivity index (χ2v) is 7.52. The highest BCUT2D eigenvalue weighted by molar-refractivity contribution is 5.98. The summed E-state index contributed by atoms with van der Waals surface area (Å²) in [6.45, 7) is 2.15. The van der Waals surface area contributed by atoms with Gasteiger partial charge in [0.15, 0.2) is 0 Å². The lowest BCUT2D eigenvalue weighted by molar-refractivity contribution is -0.116. The Bertz CT molecular complexity index is 655. The van der Waals surface area contributed by atoms with Gasteiger partial charge in [0.25, 0.3) is 5.91 Å². The van der Waals surface area contributed by atoms with E-state index in [2.05, 4.69) is 17.6 Å². The van der Waals surface area contributed by atoms with Gasteiger partial charge in [0.1, 0.15) is 0 Å². The number of aryl methyl sites for hydroxylation is 1. The molecule has 23 heavy (non-hydrogen) atoms. The van der Waals surface area contributed by atoms with Gasteiger partial charge < -0.3 is 10.6 Å². The molecule has 122 valence electrons. The van der Waals surface area contributed by atoms with Gasteiger partial charge >= 0.3 is 0 Å². The Hall–Kier alpha value is -1.84. The van der Waals surface area contributed by atoms with Gasteiger partial charge in [0.05, 0.1) is 0 Å². The van der Waals surface area contributed by atoms with Crippen LogP contribution in [0.5, 0.6) is 0 Å². The monoisotopic (exact) mass is 312 g/mol. The van der Waals surface area contributed by atoms with Gasteiger partial charge in [-0.2, -0.15) is 0 Å². The third kappa shape index (κ3) is 2.75. The normalized spacial score (nSPS) is 29.8. The lowest BCUT2D eigenvalue weighted by Crippen LogP contribution is -2.40. The van der Waals surface area contributed by atoms with Crippen LogP contribution in [-0.4, -0.2) is 17.9 Å². The van der Waals surface area contributed by atoms with E-state index in [4.69, 9.17) is 0 Å². The van der Waals surface area contributed by atoms with Crippen molar-refractivity contribution in [1.82, 2.24) is 5.32 Å². The summed E-state index contributed by atoms with van der Waals surface area (Å²) < 4.78 is 0. The first kappa shape index (κ1) is 14.7. The molecule has 2 amide bonds. The maximum Gasteiger partial charge on any atom is 0.251 e. The summed E-state index contributed by atoms with van der Waals surface area (Å²) in [7, 11) is 0. The Labute approximate surface area is 137 Å². The van der Waals surface area contributed by atoms with Crippen LogP contribution in [-0.2, 0) is 11.2 Å². The Morgan fingerprint density at radius 3 is 2.87 bits per heavy atom. The van der Waals surface area contributed by atoms with Gasteiger partial charge in [-0.05, 0) is 74.1 Å². The second-order valence-electron chi connectivity index (χ2n) is 7.52. The van der Waals surface area contributed by atoms with Crippen LogP contribution in [0.3, 0.4) is 0 Å². The molecule has 4 atom stereocenters. The lowest BCUT2D eigenvalue weighted by atomic mass is 9.84. The fourth-order valence-electron chi connectivity index (χ4n) is 4.83. The van der Waals surface area contributed by atoms with E-state index in [1.54, 1.807) is 0 Å². The summed E-state index contributed by atoms with van der Waals surface area (Å²) in [5.41, 5.74) is 2.61. The molecule has 0 spiro atoms. The molecule has 2 fully saturated rings. The quantitative estimate of drug-likeness (QED) is 0.901. The van der Waals surface area contributed by atoms with Gasteiger partial charge in [-0.1, -0.05) is 6.42 Å². The van der Waals surface area contributed by atoms with Gasteiger partial charge in [-0.15, -0.1) is 0 Å². The second kappa shape index (κ2) is 5.66. The highest BCUT2D eigenvalue weighted by Crippen LogP contribution is 2.49. The highest BCUT2D eigenvalue weighted by Gasteiger charge is 2.42. The van der Waals surface area contributed by atoms with E-state index >= 15 is 0 Å². The van der Waals surface area contributed by atoms with Crippen LogP contribution in [0.25, 0.3) is 0 Å². The summed E-state index contributed by atoms with van der Waals surface area (Å²) in [6, 6.07) is 5.84. The lowest BCUT2D eigenvalue weighted by Gasteiger charge is -2.28. The number of carbonyl (C=O) groups excluding carboxylic acids is 2. The van der Waals surface area contributed by atoms with Crippen LogP contribution in [0.1, 0.15) is 54.9 Å². The first-order valence-corrected chi connectivity index (χ1v) is 8.84. The number of nitrogens with one attached hydrogen (secondary N) is 2. The molecule has 1 aliphatic heterocycles. The number of hydrogen-bond donors (Lipinski definition) is 2. The van der Waals surface area contributed by atoms with Crippen LogP contribution in [0.15, 0.2) is 18.2 Å². The molecule has 2 saturated carbocycles. The number of benzene rings is 1. The minimum Gasteiger partial charge on any atom is -0.349 e. The zero-order valence-electron chi connectivity index (χ0n) is 13.6. The molecule has 2 aliphatic carbocycles. The smallest absolute Gasteiger partial charge is 0.251 e. The predicted octanol–water partition coefficient (Wildman–Crippen LogP) is 3.13. The number of hydrogen-bond acceptors (Lipinski definition) is 2. The van der Waals surface area contributed by atoms with E-state index in [-0.39, 0.29) is 17.9 Å². The molecule has 2 bridgehead atoms. The standard InChI is InChI=1S/C19H24N2O2/c1-11(16-9-12-2-3-13(16)8-12)20-19(23)15-4-6-17-14(10-15)5-7-18(22)21-17/h4,6,10-13,16H,2-3,5,7-9H2,1H3,(H,20,23)(H,21,22). The van der Waals surface area contributed by atoms with Gasteiger partial charge in [0.2, 0.25) is 5.91 Å². The van der Waals surface area contributed by atoms with Crippen LogP contribution < -0.4 is 10.6 Å². The summed E-state index contributed by atoms with van der Waals surface area (Å²) in [6.07, 6.45) is 6.59. The van der Waals surface area contributed by atoms with E-state index < -0.39 is 0 Å². The van der Waals surface area contributed by atoms with Crippen molar-refractivity contribution in [2.75, 3.05) is 5.32 Å². The molecule has 1 heterocycles. The number of anilines is 1. The van der Waals surface area contributed by atoms with Crippen LogP contribution in [0, 0.1) is 17.8 Å². The van der Waals surface area contributed by atoms with Crippen molar-refractivity contribution < 1.29 is 9.59 Å². The molecular formula is C19H24N2O2. The summed E-state index contributed by atoms with van der Waals surface area (Å²) >= 11 is 0. The first-order valence-electron chi connectivity index (χ1n) is 8.84. The molecule has 2 N–H and O–H groups in total. The maximum absolute atomic E-state index is 12.6. The van der Waals surface area contributed by atoms with E-state index in [9.17, 15) is 9.59 Å². The largest absolute Gasteiger partial charge is 0.349 e. The van der Waals surface area contributed by atoms with Crippen molar-refractivity contribution in [2.45, 2.75) is 51.5 Å². The Kier molecular flexibility index (Phi) is 3.63. The number of carbonyl (C=O) groups is 2. The zero-order chi connectivity index (χ0) is 16.0. The predicted molar refractivity (Wildman–Crippen MR) is 89.3 cm³/mol. The van der Waals surface area contributed by atoms with Crippen molar-refractivity contribution in [3.8, 4) is 0 Å². The van der Waals surface area contributed by atoms with Crippen LogP contribution in [0.4, 0.5) is 5.69 Å². The molecule has 4 heteroatoms. The van der Waals surface area contributed by atoms with Crippen molar-refractivity contribution >= 4 is 17.5 Å². The van der Waals surface area contributed by atoms with Gasteiger partial charge in [0, 0.05) is 23.7 Å². The fraction of sp³-hybridized carbons (Fsp3) is 0.579. The molecule has 4 nitrogen and oxygen atoms in total. The molecule has 4 unspecified atom stereocenters. The molecule has 0 aromatic heterocycles. The highest BCUT2D eigenvalue weighted by atomic mass is 16.2. The third-order valence-electron chi connectivity index (χ3n) is 6.06. The van der Waals surface area contributed by atoms with E-state index in [1.807, 2.05) is 18.2 Å². The van der Waals surface area contributed by atoms with E-state index in [0.29, 0.717) is 24.3 Å². The molecule has 3 aliphatic rings. The van der Waals surface area contributed by atoms with Gasteiger partial charge in [-0.25, -0.2) is 0 Å². The summed E-state index contributed by atoms with van der Waals surface area (Å²) in [4.78, 5) is 24.0. The number of rotatable bonds is 3. The van der Waals surface area contributed by atoms with Crippen molar-refractivity contribution in [3.63, 3.8) is 0 Å². The average Bonchev–Trinajstić information content (AvgIpc) is 3.17. The average molecular weight is 312 g/mol. The van der Waals surface area contributed by atoms with Crippen LogP contribution >= 0.6 is 0 Å². The Balaban J connectivity index is 1.44. The number of fused-ring (bicyclic) bond motifs is 3. The number of amides is 2. The fourth-order valence-corrected chi connectivity index (χ4v) is 4.83. The third-order valence-corrected chi connectivity index (χ3v) is 6.06. The minimum atomic E-state index is 0.0139. The van der Waals surface area contributed by atoms with Crippen molar-refractivity contribution in [3.05, 3.63) is 29.3 Å². The van der Waals surface area contributed by atoms with Gasteiger partial charge in [-0.3, -0.25) is 9.59 Å². The van der Waals surface area contributed by atoms with E-state index in [0.717, 1.165) is 23.1 Å². The maximum atomic E-state index is 12.6. The van der Waals surface area contributed by atoms with Crippen LogP contribution in [0.2, 0.25) is 0 Å². The minimum absolute atomic E-state index is 0.0139. The van der Waals surface area contributed by atoms with Crippen molar-refractivity contribution in [2.24, 2.45) is 17.8 Å². The molecular weight excluding hydrogens is 288 g/mol. The summed E-state index contributed by atoms with van der Waals surface area (Å²) in [5, 5.41) is 6.07. The molecule has 4 rings (SSSR count). The molecule has 1 aromatic carbocycles. The topological polar surface area (TPSA) is 58.2 Å². The van der Waals surface area contributed by atoms with E-state index in [1.165, 1.54) is 25.7 Å². The zero-order valence-corrected chi connectivity index (χ0v) is 13.6. The summed E-state index contributed by atoms with van der Waals surface area (Å²) in [5.74, 6) is 2.43. The Morgan fingerprint density at radius 1 is 1.26 bits per heavy atom. The SMILES string of the molecule is CC(NC(=O)c1ccc2c(c1)CCC(=O)N2)C1CC2CCC1C2. The molecule has 0 saturated heterocycles. The molecule has 1 aromatic rings. The first-order chi connectivity index (χ1) is 11.1. The van der Waals surface area contributed by atoms with Crippen molar-refractivity contribution in [1.29, 1.82) is 0 Å². The molecule has 0 radical (unpaired) electrons.